The highest BCUT2D eigenvalue weighted by Crippen LogP contribution is 2.18. The molecule has 0 radical (unpaired) electrons. The zero-order valence-corrected chi connectivity index (χ0v) is 17.0. The van der Waals surface area contributed by atoms with Crippen molar-refractivity contribution in [3.05, 3.63) is 29.8 Å². The fourth-order valence-electron chi connectivity index (χ4n) is 1.85. The Morgan fingerprint density at radius 1 is 1.20 bits per heavy atom. The van der Waals surface area contributed by atoms with Crippen molar-refractivity contribution in [2.45, 2.75) is 19.1 Å². The van der Waals surface area contributed by atoms with Crippen LogP contribution >= 0.6 is 24.0 Å². The average Bonchev–Trinajstić information content (AvgIpc) is 2.50. The molecule has 1 aromatic carbocycles. The first-order chi connectivity index (χ1) is 11.3. The van der Waals surface area contributed by atoms with Crippen molar-refractivity contribution in [3.8, 4) is 5.75 Å². The maximum absolute atomic E-state index is 12.2. The fraction of sp³-hybridized carbons (Fsp3) is 0.562. The van der Waals surface area contributed by atoms with Crippen molar-refractivity contribution in [1.29, 1.82) is 0 Å². The molecule has 0 aliphatic heterocycles. The number of para-hydroxylation sites is 1. The van der Waals surface area contributed by atoms with Crippen LogP contribution in [-0.4, -0.2) is 57.9 Å². The minimum atomic E-state index is -4.18. The molecule has 9 heteroatoms. The van der Waals surface area contributed by atoms with Crippen molar-refractivity contribution >= 4 is 29.9 Å². The van der Waals surface area contributed by atoms with E-state index in [9.17, 15) is 13.2 Å². The molecule has 0 amide bonds. The van der Waals surface area contributed by atoms with Crippen LogP contribution < -0.4 is 15.4 Å². The number of aliphatic imine (C=N–C) groups is 1. The third-order valence-electron chi connectivity index (χ3n) is 3.14. The Morgan fingerprint density at radius 2 is 1.88 bits per heavy atom. The summed E-state index contributed by atoms with van der Waals surface area (Å²) in [5, 5.41) is 5.64. The third kappa shape index (κ3) is 11.1. The number of likely N-dealkylation sites (N-methyl/N-ethyl adjacent to an activating group) is 1. The molecule has 0 saturated heterocycles. The summed E-state index contributed by atoms with van der Waals surface area (Å²) in [7, 11) is 5.45. The van der Waals surface area contributed by atoms with Crippen LogP contribution in [0.5, 0.6) is 5.75 Å². The first kappa shape index (κ1) is 23.8. The van der Waals surface area contributed by atoms with E-state index in [-0.39, 0.29) is 30.5 Å². The lowest BCUT2D eigenvalue weighted by Crippen LogP contribution is -2.38. The van der Waals surface area contributed by atoms with Gasteiger partial charge in [0.1, 0.15) is 12.4 Å². The van der Waals surface area contributed by atoms with E-state index in [0.717, 1.165) is 17.9 Å². The van der Waals surface area contributed by atoms with Crippen molar-refractivity contribution in [3.63, 3.8) is 0 Å². The van der Waals surface area contributed by atoms with E-state index in [4.69, 9.17) is 4.74 Å². The molecule has 0 aliphatic carbocycles. The largest absolute Gasteiger partial charge is 0.492 e. The number of nitrogens with one attached hydrogen (secondary N) is 2. The van der Waals surface area contributed by atoms with Gasteiger partial charge in [0.2, 0.25) is 0 Å². The van der Waals surface area contributed by atoms with Crippen LogP contribution in [0.4, 0.5) is 13.2 Å². The molecule has 5 nitrogen and oxygen atoms in total. The molecule has 0 spiro atoms. The Hall–Kier alpha value is -1.23. The Bertz CT molecular complexity index is 524. The highest BCUT2D eigenvalue weighted by Gasteiger charge is 2.26. The van der Waals surface area contributed by atoms with Gasteiger partial charge in [-0.15, -0.1) is 24.0 Å². The number of rotatable bonds is 8. The smallest absolute Gasteiger partial charge is 0.390 e. The first-order valence-corrected chi connectivity index (χ1v) is 7.68. The zero-order valence-electron chi connectivity index (χ0n) is 14.7. The average molecular weight is 474 g/mol. The van der Waals surface area contributed by atoms with Gasteiger partial charge in [-0.25, -0.2) is 0 Å². The normalized spacial score (nSPS) is 11.9. The fourth-order valence-corrected chi connectivity index (χ4v) is 1.85. The summed E-state index contributed by atoms with van der Waals surface area (Å²) in [5.41, 5.74) is 0.912. The summed E-state index contributed by atoms with van der Waals surface area (Å²) in [6.07, 6.45) is -5.09. The molecular weight excluding hydrogens is 448 g/mol. The van der Waals surface area contributed by atoms with Gasteiger partial charge in [-0.2, -0.15) is 13.2 Å². The Balaban J connectivity index is 0.00000576. The molecule has 0 saturated carbocycles. The van der Waals surface area contributed by atoms with Crippen LogP contribution in [-0.2, 0) is 6.54 Å². The van der Waals surface area contributed by atoms with Crippen molar-refractivity contribution in [2.24, 2.45) is 4.99 Å². The van der Waals surface area contributed by atoms with E-state index < -0.39 is 12.6 Å². The summed E-state index contributed by atoms with van der Waals surface area (Å²) >= 11 is 0. The quantitative estimate of drug-likeness (QED) is 0.346. The summed E-state index contributed by atoms with van der Waals surface area (Å²) < 4.78 is 42.3. The van der Waals surface area contributed by atoms with Crippen LogP contribution in [0.25, 0.3) is 0 Å². The molecule has 0 heterocycles. The number of guanidine groups is 1. The van der Waals surface area contributed by atoms with Gasteiger partial charge < -0.3 is 20.3 Å². The molecule has 0 aliphatic rings. The summed E-state index contributed by atoms with van der Waals surface area (Å²) in [4.78, 5) is 5.94. The van der Waals surface area contributed by atoms with E-state index in [1.54, 1.807) is 0 Å². The van der Waals surface area contributed by atoms with E-state index in [0.29, 0.717) is 19.1 Å². The minimum Gasteiger partial charge on any atom is -0.492 e. The van der Waals surface area contributed by atoms with Gasteiger partial charge in [-0.3, -0.25) is 4.99 Å². The highest BCUT2D eigenvalue weighted by molar-refractivity contribution is 14.0. The lowest BCUT2D eigenvalue weighted by Gasteiger charge is -2.16. The number of hydrogen-bond donors (Lipinski definition) is 2. The van der Waals surface area contributed by atoms with Crippen LogP contribution in [0.15, 0.2) is 29.3 Å². The molecule has 0 unspecified atom stereocenters. The predicted octanol–water partition coefficient (Wildman–Crippen LogP) is 2.86. The number of halogens is 4. The van der Waals surface area contributed by atoms with Gasteiger partial charge in [0.25, 0.3) is 0 Å². The molecule has 0 aromatic heterocycles. The topological polar surface area (TPSA) is 48.9 Å². The van der Waals surface area contributed by atoms with Gasteiger partial charge in [0, 0.05) is 32.2 Å². The second-order valence-corrected chi connectivity index (χ2v) is 5.48. The third-order valence-corrected chi connectivity index (χ3v) is 3.14. The summed E-state index contributed by atoms with van der Waals surface area (Å²) in [5.74, 6) is 1.07. The summed E-state index contributed by atoms with van der Waals surface area (Å²) in [6.45, 7) is 1.54. The molecule has 144 valence electrons. The highest BCUT2D eigenvalue weighted by atomic mass is 127. The van der Waals surface area contributed by atoms with Crippen LogP contribution in [0.2, 0.25) is 0 Å². The molecule has 2 N–H and O–H groups in total. The second-order valence-electron chi connectivity index (χ2n) is 5.48. The van der Waals surface area contributed by atoms with Gasteiger partial charge in [0.05, 0.1) is 6.42 Å². The standard InChI is InChI=1S/C16H25F3N4O.HI/c1-20-15(21-9-8-16(17,18)19)22-12-13-6-4-5-7-14(13)24-11-10-23(2)3;/h4-7H,8-12H2,1-3H3,(H2,20,21,22);1H. The maximum atomic E-state index is 12.2. The Labute approximate surface area is 164 Å². The Kier molecular flexibility index (Phi) is 11.6. The minimum absolute atomic E-state index is 0. The van der Waals surface area contributed by atoms with Crippen LogP contribution in [0.3, 0.4) is 0 Å². The van der Waals surface area contributed by atoms with Gasteiger partial charge in [0.15, 0.2) is 5.96 Å². The molecule has 0 fully saturated rings. The van der Waals surface area contributed by atoms with Crippen LogP contribution in [0.1, 0.15) is 12.0 Å². The van der Waals surface area contributed by atoms with Gasteiger partial charge in [-0.05, 0) is 20.2 Å². The second kappa shape index (κ2) is 12.2. The van der Waals surface area contributed by atoms with Crippen molar-refractivity contribution < 1.29 is 17.9 Å². The predicted molar refractivity (Wildman–Crippen MR) is 105 cm³/mol. The van der Waals surface area contributed by atoms with Crippen molar-refractivity contribution in [2.75, 3.05) is 40.8 Å². The monoisotopic (exact) mass is 474 g/mol. The number of alkyl halides is 3. The Morgan fingerprint density at radius 3 is 2.48 bits per heavy atom. The van der Waals surface area contributed by atoms with Crippen molar-refractivity contribution in [1.82, 2.24) is 15.5 Å². The number of benzene rings is 1. The van der Waals surface area contributed by atoms with E-state index >= 15 is 0 Å². The molecule has 1 rings (SSSR count). The van der Waals surface area contributed by atoms with E-state index in [1.807, 2.05) is 43.3 Å². The lowest BCUT2D eigenvalue weighted by atomic mass is 10.2. The summed E-state index contributed by atoms with van der Waals surface area (Å²) in [6, 6.07) is 7.54. The molecule has 1 aromatic rings. The van der Waals surface area contributed by atoms with Crippen LogP contribution in [0, 0.1) is 0 Å². The molecular formula is C16H26F3IN4O. The number of ether oxygens (including phenoxy) is 1. The SMILES string of the molecule is CN=C(NCCC(F)(F)F)NCc1ccccc1OCCN(C)C.I. The molecule has 0 atom stereocenters. The zero-order chi connectivity index (χ0) is 18.0. The first-order valence-electron chi connectivity index (χ1n) is 7.68. The number of hydrogen-bond acceptors (Lipinski definition) is 3. The van der Waals surface area contributed by atoms with Gasteiger partial charge in [-0.1, -0.05) is 18.2 Å². The van der Waals surface area contributed by atoms with Gasteiger partial charge >= 0.3 is 6.18 Å². The lowest BCUT2D eigenvalue weighted by molar-refractivity contribution is -0.132. The number of nitrogens with zero attached hydrogens (tertiary/aromatic N) is 2. The van der Waals surface area contributed by atoms with E-state index in [2.05, 4.69) is 15.6 Å². The maximum Gasteiger partial charge on any atom is 0.390 e. The molecule has 0 bridgehead atoms. The van der Waals surface area contributed by atoms with E-state index in [1.165, 1.54) is 7.05 Å². The molecule has 25 heavy (non-hydrogen) atoms.